The summed E-state index contributed by atoms with van der Waals surface area (Å²) in [4.78, 5) is 52.1. The third-order valence-electron chi connectivity index (χ3n) is 5.07. The molecule has 9 nitrogen and oxygen atoms in total. The minimum Gasteiger partial charge on any atom is -0.379 e. The molecule has 0 saturated carbocycles. The zero-order valence-corrected chi connectivity index (χ0v) is 16.7. The molecule has 2 aliphatic rings. The summed E-state index contributed by atoms with van der Waals surface area (Å²) >= 11 is 0. The Morgan fingerprint density at radius 3 is 2.66 bits per heavy atom. The zero-order valence-electron chi connectivity index (χ0n) is 16.7. The second-order valence-corrected chi connectivity index (χ2v) is 7.28. The number of imide groups is 2. The largest absolute Gasteiger partial charge is 0.379 e. The number of rotatable bonds is 9. The predicted octanol–water partition coefficient (Wildman–Crippen LogP) is -0.244. The summed E-state index contributed by atoms with van der Waals surface area (Å²) in [5.41, 5.74) is 1.49. The van der Waals surface area contributed by atoms with Crippen LogP contribution in [0.2, 0.25) is 0 Å². The number of nitrogens with zero attached hydrogens (tertiary/aromatic N) is 2. The molecule has 29 heavy (non-hydrogen) atoms. The number of fused-ring (bicyclic) bond motifs is 1. The average Bonchev–Trinajstić information content (AvgIpc) is 2.92. The highest BCUT2D eigenvalue weighted by Gasteiger charge is 2.44. The number of nitrogens with one attached hydrogen (secondary N) is 2. The predicted molar refractivity (Wildman–Crippen MR) is 104 cm³/mol. The van der Waals surface area contributed by atoms with E-state index < -0.39 is 23.8 Å². The summed E-state index contributed by atoms with van der Waals surface area (Å²) in [6.07, 6.45) is 0.259. The molecular weight excluding hydrogens is 376 g/mol. The number of carbonyl (C=O) groups excluding carboxylic acids is 4. The molecule has 1 aromatic carbocycles. The van der Waals surface area contributed by atoms with Gasteiger partial charge in [0.05, 0.1) is 24.3 Å². The van der Waals surface area contributed by atoms with E-state index in [1.165, 1.54) is 0 Å². The van der Waals surface area contributed by atoms with Gasteiger partial charge in [0.25, 0.3) is 11.8 Å². The molecule has 1 atom stereocenters. The number of carbonyl (C=O) groups is 4. The van der Waals surface area contributed by atoms with Gasteiger partial charge < -0.3 is 10.1 Å². The topological polar surface area (TPSA) is 108 Å². The lowest BCUT2D eigenvalue weighted by Crippen LogP contribution is -2.54. The van der Waals surface area contributed by atoms with Gasteiger partial charge in [-0.25, -0.2) is 0 Å². The first kappa shape index (κ1) is 21.1. The molecule has 2 heterocycles. The highest BCUT2D eigenvalue weighted by molar-refractivity contribution is 6.23. The Kier molecular flexibility index (Phi) is 6.73. The fraction of sp³-hybridized carbons (Fsp3) is 0.500. The highest BCUT2D eigenvalue weighted by atomic mass is 16.5. The van der Waals surface area contributed by atoms with E-state index in [1.54, 1.807) is 12.1 Å². The fourth-order valence-electron chi connectivity index (χ4n) is 3.50. The van der Waals surface area contributed by atoms with E-state index in [-0.39, 0.29) is 18.7 Å². The zero-order chi connectivity index (χ0) is 21.0. The smallest absolute Gasteiger partial charge is 0.262 e. The van der Waals surface area contributed by atoms with Crippen LogP contribution in [0.5, 0.6) is 0 Å². The van der Waals surface area contributed by atoms with Crippen LogP contribution in [0.1, 0.15) is 39.1 Å². The summed E-state index contributed by atoms with van der Waals surface area (Å²) in [6.45, 7) is 3.38. The molecule has 9 heteroatoms. The van der Waals surface area contributed by atoms with E-state index in [2.05, 4.69) is 15.5 Å². The van der Waals surface area contributed by atoms with E-state index in [1.807, 2.05) is 20.2 Å². The van der Waals surface area contributed by atoms with Gasteiger partial charge in [0.15, 0.2) is 0 Å². The maximum Gasteiger partial charge on any atom is 0.262 e. The van der Waals surface area contributed by atoms with E-state index in [0.29, 0.717) is 30.9 Å². The minimum absolute atomic E-state index is 0.107. The van der Waals surface area contributed by atoms with Crippen molar-refractivity contribution >= 4 is 23.6 Å². The highest BCUT2D eigenvalue weighted by Crippen LogP contribution is 2.28. The van der Waals surface area contributed by atoms with Crippen molar-refractivity contribution < 1.29 is 23.9 Å². The van der Waals surface area contributed by atoms with Crippen molar-refractivity contribution in [1.82, 2.24) is 20.4 Å². The summed E-state index contributed by atoms with van der Waals surface area (Å²) in [5, 5.41) is 5.21. The van der Waals surface area contributed by atoms with Gasteiger partial charge in [0.1, 0.15) is 6.04 Å². The number of amides is 4. The second-order valence-electron chi connectivity index (χ2n) is 7.28. The molecular formula is C20H26N4O5. The molecule has 1 fully saturated rings. The molecule has 0 aromatic heterocycles. The Morgan fingerprint density at radius 2 is 1.93 bits per heavy atom. The Morgan fingerprint density at radius 1 is 1.17 bits per heavy atom. The van der Waals surface area contributed by atoms with Gasteiger partial charge in [-0.05, 0) is 38.2 Å². The van der Waals surface area contributed by atoms with Crippen molar-refractivity contribution in [3.63, 3.8) is 0 Å². The first-order chi connectivity index (χ1) is 13.9. The fourth-order valence-corrected chi connectivity index (χ4v) is 3.50. The quantitative estimate of drug-likeness (QED) is 0.433. The van der Waals surface area contributed by atoms with E-state index in [0.717, 1.165) is 23.6 Å². The van der Waals surface area contributed by atoms with Crippen molar-refractivity contribution in [1.29, 1.82) is 0 Å². The standard InChI is InChI=1S/C20H26N4O5/c1-21-7-9-29-10-8-23(2)12-13-3-4-14-15(11-13)20(28)24(19(14)27)16-5-6-17(25)22-18(16)26/h3-4,11,16,21H,5-10,12H2,1-2H3,(H,22,25,26). The van der Waals surface area contributed by atoms with Gasteiger partial charge in [-0.2, -0.15) is 0 Å². The normalized spacial score (nSPS) is 19.1. The molecule has 156 valence electrons. The molecule has 0 aliphatic carbocycles. The lowest BCUT2D eigenvalue weighted by atomic mass is 10.0. The molecule has 4 amide bonds. The SMILES string of the molecule is CNCCOCCN(C)Cc1ccc2c(c1)C(=O)N(C1CCC(=O)NC1=O)C2=O. The van der Waals surface area contributed by atoms with Gasteiger partial charge in [-0.15, -0.1) is 0 Å². The van der Waals surface area contributed by atoms with Crippen molar-refractivity contribution in [3.05, 3.63) is 34.9 Å². The van der Waals surface area contributed by atoms with Crippen LogP contribution in [-0.2, 0) is 20.9 Å². The summed E-state index contributed by atoms with van der Waals surface area (Å²) in [5.74, 6) is -1.96. The van der Waals surface area contributed by atoms with Crippen LogP contribution in [0.15, 0.2) is 18.2 Å². The van der Waals surface area contributed by atoms with Crippen LogP contribution in [0.3, 0.4) is 0 Å². The third-order valence-corrected chi connectivity index (χ3v) is 5.07. The van der Waals surface area contributed by atoms with Gasteiger partial charge in [0, 0.05) is 26.1 Å². The van der Waals surface area contributed by atoms with E-state index in [4.69, 9.17) is 4.74 Å². The Bertz CT molecular complexity index is 825. The number of ether oxygens (including phenoxy) is 1. The maximum absolute atomic E-state index is 12.8. The first-order valence-electron chi connectivity index (χ1n) is 9.67. The monoisotopic (exact) mass is 402 g/mol. The van der Waals surface area contributed by atoms with Gasteiger partial charge in [0.2, 0.25) is 11.8 Å². The molecule has 0 spiro atoms. The second kappa shape index (κ2) is 9.25. The third kappa shape index (κ3) is 4.69. The van der Waals surface area contributed by atoms with E-state index >= 15 is 0 Å². The molecule has 0 bridgehead atoms. The van der Waals surface area contributed by atoms with Crippen molar-refractivity contribution in [3.8, 4) is 0 Å². The van der Waals surface area contributed by atoms with Crippen molar-refractivity contribution in [2.75, 3.05) is 40.4 Å². The summed E-state index contributed by atoms with van der Waals surface area (Å²) in [7, 11) is 3.83. The maximum atomic E-state index is 12.8. The van der Waals surface area contributed by atoms with Gasteiger partial charge >= 0.3 is 0 Å². The number of benzene rings is 1. The van der Waals surface area contributed by atoms with Crippen LogP contribution < -0.4 is 10.6 Å². The lowest BCUT2D eigenvalue weighted by molar-refractivity contribution is -0.136. The molecule has 2 N–H and O–H groups in total. The molecule has 3 rings (SSSR count). The number of hydrogen-bond donors (Lipinski definition) is 2. The summed E-state index contributed by atoms with van der Waals surface area (Å²) < 4.78 is 5.51. The van der Waals surface area contributed by atoms with Crippen LogP contribution >= 0.6 is 0 Å². The van der Waals surface area contributed by atoms with Crippen molar-refractivity contribution in [2.45, 2.75) is 25.4 Å². The summed E-state index contributed by atoms with van der Waals surface area (Å²) in [6, 6.07) is 4.21. The van der Waals surface area contributed by atoms with Crippen LogP contribution in [0, 0.1) is 0 Å². The van der Waals surface area contributed by atoms with Crippen LogP contribution in [0.4, 0.5) is 0 Å². The minimum atomic E-state index is -0.944. The first-order valence-corrected chi connectivity index (χ1v) is 9.67. The number of hydrogen-bond acceptors (Lipinski definition) is 7. The Hall–Kier alpha value is -2.62. The van der Waals surface area contributed by atoms with Gasteiger partial charge in [-0.3, -0.25) is 34.3 Å². The Balaban J connectivity index is 1.64. The lowest BCUT2D eigenvalue weighted by Gasteiger charge is -2.27. The van der Waals surface area contributed by atoms with E-state index in [9.17, 15) is 19.2 Å². The molecule has 1 aromatic rings. The Labute approximate surface area is 169 Å². The van der Waals surface area contributed by atoms with Gasteiger partial charge in [-0.1, -0.05) is 6.07 Å². The molecule has 0 radical (unpaired) electrons. The molecule has 1 unspecified atom stereocenters. The molecule has 1 saturated heterocycles. The van der Waals surface area contributed by atoms with Crippen LogP contribution in [-0.4, -0.2) is 79.9 Å². The number of likely N-dealkylation sites (N-methyl/N-ethyl adjacent to an activating group) is 2. The van der Waals surface area contributed by atoms with Crippen LogP contribution in [0.25, 0.3) is 0 Å². The average molecular weight is 402 g/mol. The number of piperidine rings is 1. The van der Waals surface area contributed by atoms with Crippen molar-refractivity contribution in [2.24, 2.45) is 0 Å². The molecule has 2 aliphatic heterocycles.